The third-order valence-electron chi connectivity index (χ3n) is 6.91. The fourth-order valence-corrected chi connectivity index (χ4v) is 4.84. The predicted molar refractivity (Wildman–Crippen MR) is 117 cm³/mol. The average Bonchev–Trinajstić information content (AvgIpc) is 3.35. The number of fused-ring (bicyclic) bond motifs is 4. The minimum absolute atomic E-state index is 0.135. The highest BCUT2D eigenvalue weighted by Crippen LogP contribution is 2.50. The highest BCUT2D eigenvalue weighted by atomic mass is 16.6. The van der Waals surface area contributed by atoms with Crippen molar-refractivity contribution in [2.75, 3.05) is 0 Å². The number of hydrogen-bond acceptors (Lipinski definition) is 5. The van der Waals surface area contributed by atoms with Gasteiger partial charge in [-0.25, -0.2) is 9.59 Å². The molecule has 160 valence electrons. The van der Waals surface area contributed by atoms with E-state index in [2.05, 4.69) is 19.6 Å². The number of allylic oxidation sites excluding steroid dienone is 1. The maximum atomic E-state index is 13.0. The molecule has 0 amide bonds. The van der Waals surface area contributed by atoms with Crippen LogP contribution < -0.4 is 0 Å². The second kappa shape index (κ2) is 7.34. The van der Waals surface area contributed by atoms with Crippen molar-refractivity contribution in [3.8, 4) is 0 Å². The molecule has 31 heavy (non-hydrogen) atoms. The first kappa shape index (κ1) is 20.0. The van der Waals surface area contributed by atoms with Gasteiger partial charge in [0, 0.05) is 11.5 Å². The molecule has 0 spiro atoms. The van der Waals surface area contributed by atoms with Crippen LogP contribution in [0.2, 0.25) is 0 Å². The van der Waals surface area contributed by atoms with E-state index >= 15 is 0 Å². The van der Waals surface area contributed by atoms with E-state index in [1.54, 1.807) is 6.07 Å². The molecule has 5 atom stereocenters. The number of epoxide rings is 1. The Morgan fingerprint density at radius 1 is 1.19 bits per heavy atom. The first-order chi connectivity index (χ1) is 14.9. The van der Waals surface area contributed by atoms with Gasteiger partial charge in [-0.2, -0.15) is 0 Å². The topological polar surface area (TPSA) is 65.1 Å². The van der Waals surface area contributed by atoms with Gasteiger partial charge in [0.25, 0.3) is 0 Å². The zero-order valence-corrected chi connectivity index (χ0v) is 17.8. The summed E-state index contributed by atoms with van der Waals surface area (Å²) in [5, 5.41) is 2.06. The van der Waals surface area contributed by atoms with Crippen molar-refractivity contribution in [2.45, 2.75) is 57.0 Å². The molecule has 5 heteroatoms. The van der Waals surface area contributed by atoms with Crippen molar-refractivity contribution in [1.82, 2.24) is 0 Å². The summed E-state index contributed by atoms with van der Waals surface area (Å²) >= 11 is 0. The lowest BCUT2D eigenvalue weighted by Gasteiger charge is -2.25. The van der Waals surface area contributed by atoms with Gasteiger partial charge in [-0.15, -0.1) is 0 Å². The van der Waals surface area contributed by atoms with E-state index in [4.69, 9.17) is 14.2 Å². The largest absolute Gasteiger partial charge is 0.455 e. The molecule has 2 heterocycles. The molecule has 0 radical (unpaired) electrons. The summed E-state index contributed by atoms with van der Waals surface area (Å²) in [7, 11) is 0. The quantitative estimate of drug-likeness (QED) is 0.305. The first-order valence-corrected chi connectivity index (χ1v) is 10.8. The van der Waals surface area contributed by atoms with Crippen LogP contribution in [-0.2, 0) is 19.0 Å². The smallest absolute Gasteiger partial charge is 0.338 e. The van der Waals surface area contributed by atoms with Crippen LogP contribution in [0.25, 0.3) is 10.8 Å². The Balaban J connectivity index is 1.42. The molecule has 1 aliphatic carbocycles. The Bertz CT molecular complexity index is 1120. The first-order valence-electron chi connectivity index (χ1n) is 10.8. The molecule has 5 rings (SSSR count). The molecular formula is C26H26O5. The van der Waals surface area contributed by atoms with E-state index in [0.717, 1.165) is 29.2 Å². The summed E-state index contributed by atoms with van der Waals surface area (Å²) in [6.45, 7) is 8.00. The second-order valence-electron chi connectivity index (χ2n) is 9.03. The Labute approximate surface area is 181 Å². The maximum absolute atomic E-state index is 13.0. The Morgan fingerprint density at radius 3 is 2.77 bits per heavy atom. The average molecular weight is 418 g/mol. The molecule has 0 unspecified atom stereocenters. The molecule has 2 aromatic carbocycles. The third kappa shape index (κ3) is 3.57. The van der Waals surface area contributed by atoms with Crippen LogP contribution in [0.1, 0.15) is 43.5 Å². The van der Waals surface area contributed by atoms with Gasteiger partial charge >= 0.3 is 11.9 Å². The molecule has 2 aliphatic heterocycles. The maximum Gasteiger partial charge on any atom is 0.338 e. The molecule has 0 saturated carbocycles. The van der Waals surface area contributed by atoms with E-state index < -0.39 is 6.10 Å². The zero-order valence-electron chi connectivity index (χ0n) is 17.8. The van der Waals surface area contributed by atoms with Crippen LogP contribution in [-0.4, -0.2) is 35.9 Å². The summed E-state index contributed by atoms with van der Waals surface area (Å²) in [5.41, 5.74) is 1.64. The van der Waals surface area contributed by atoms with Gasteiger partial charge < -0.3 is 14.2 Å². The van der Waals surface area contributed by atoms with Gasteiger partial charge in [0.15, 0.2) is 0 Å². The molecule has 2 saturated heterocycles. The number of rotatable bonds is 2. The van der Waals surface area contributed by atoms with Gasteiger partial charge in [0.1, 0.15) is 18.3 Å². The second-order valence-corrected chi connectivity index (χ2v) is 9.03. The van der Waals surface area contributed by atoms with Crippen molar-refractivity contribution in [3.63, 3.8) is 0 Å². The number of esters is 2. The van der Waals surface area contributed by atoms with E-state index in [1.807, 2.05) is 43.3 Å². The Morgan fingerprint density at radius 2 is 1.97 bits per heavy atom. The van der Waals surface area contributed by atoms with Crippen LogP contribution in [0, 0.1) is 5.92 Å². The van der Waals surface area contributed by atoms with Gasteiger partial charge in [-0.3, -0.25) is 0 Å². The third-order valence-corrected chi connectivity index (χ3v) is 6.91. The molecule has 2 fully saturated rings. The van der Waals surface area contributed by atoms with E-state index in [1.165, 1.54) is 0 Å². The van der Waals surface area contributed by atoms with Crippen molar-refractivity contribution in [3.05, 3.63) is 71.8 Å². The number of ether oxygens (including phenoxy) is 3. The molecule has 5 nitrogen and oxygen atoms in total. The number of hydrogen-bond donors (Lipinski definition) is 0. The Hall–Kier alpha value is -2.92. The van der Waals surface area contributed by atoms with E-state index in [-0.39, 0.29) is 35.7 Å². The van der Waals surface area contributed by atoms with Crippen molar-refractivity contribution in [1.29, 1.82) is 0 Å². The minimum atomic E-state index is -0.458. The summed E-state index contributed by atoms with van der Waals surface area (Å²) in [5.74, 6) is -0.996. The van der Waals surface area contributed by atoms with Crippen LogP contribution in [0.4, 0.5) is 0 Å². The highest BCUT2D eigenvalue weighted by Gasteiger charge is 2.61. The number of benzene rings is 2. The molecule has 0 bridgehead atoms. The normalized spacial score (nSPS) is 34.2. The monoisotopic (exact) mass is 418 g/mol. The van der Waals surface area contributed by atoms with Gasteiger partial charge in [0.2, 0.25) is 0 Å². The SMILES string of the molecule is C=C1C(=O)O[C@H]2[C@H]1C[C@H](OC(=O)c1ccc3ccccc3c1)/C(C)=C/CC[C@@]1(C)O[C@@H]21. The fraction of sp³-hybridized carbons (Fsp3) is 0.385. The number of carbonyl (C=O) groups is 2. The van der Waals surface area contributed by atoms with Crippen molar-refractivity contribution < 1.29 is 23.8 Å². The molecule has 3 aliphatic rings. The summed E-state index contributed by atoms with van der Waals surface area (Å²) < 4.78 is 17.6. The fourth-order valence-electron chi connectivity index (χ4n) is 4.84. The van der Waals surface area contributed by atoms with E-state index in [9.17, 15) is 9.59 Å². The highest BCUT2D eigenvalue weighted by molar-refractivity contribution is 5.95. The lowest BCUT2D eigenvalue weighted by molar-refractivity contribution is -0.140. The van der Waals surface area contributed by atoms with Crippen molar-refractivity contribution in [2.24, 2.45) is 5.92 Å². The van der Waals surface area contributed by atoms with Gasteiger partial charge in [-0.05, 0) is 61.6 Å². The van der Waals surface area contributed by atoms with Crippen LogP contribution in [0.5, 0.6) is 0 Å². The van der Waals surface area contributed by atoms with Gasteiger partial charge in [-0.1, -0.05) is 43.0 Å². The van der Waals surface area contributed by atoms with Crippen molar-refractivity contribution >= 4 is 22.7 Å². The molecule has 0 aromatic heterocycles. The molecular weight excluding hydrogens is 392 g/mol. The predicted octanol–water partition coefficient (Wildman–Crippen LogP) is 4.75. The summed E-state index contributed by atoms with van der Waals surface area (Å²) in [4.78, 5) is 25.3. The van der Waals surface area contributed by atoms with Crippen LogP contribution >= 0.6 is 0 Å². The number of carbonyl (C=O) groups excluding carboxylic acids is 2. The lowest BCUT2D eigenvalue weighted by Crippen LogP contribution is -2.33. The summed E-state index contributed by atoms with van der Waals surface area (Å²) in [6.07, 6.45) is 3.24. The lowest BCUT2D eigenvalue weighted by atomic mass is 9.83. The minimum Gasteiger partial charge on any atom is -0.455 e. The molecule has 2 aromatic rings. The summed E-state index contributed by atoms with van der Waals surface area (Å²) in [6, 6.07) is 13.5. The van der Waals surface area contributed by atoms with Crippen LogP contribution in [0.15, 0.2) is 66.3 Å². The molecule has 0 N–H and O–H groups in total. The Kier molecular flexibility index (Phi) is 4.74. The van der Waals surface area contributed by atoms with Gasteiger partial charge in [0.05, 0.1) is 11.2 Å². The van der Waals surface area contributed by atoms with Crippen LogP contribution in [0.3, 0.4) is 0 Å². The van der Waals surface area contributed by atoms with E-state index in [0.29, 0.717) is 17.6 Å². The standard InChI is InChI=1S/C26H26O5/c1-15-7-6-12-26(3)23(31-26)22-20(16(2)24(27)30-22)14-21(15)29-25(28)19-11-10-17-8-4-5-9-18(17)13-19/h4-5,7-11,13,20-23H,2,6,12,14H2,1,3H3/b15-7+/t20-,21-,22-,23-,26+/m0/s1. The zero-order chi connectivity index (χ0) is 21.8.